The highest BCUT2D eigenvalue weighted by atomic mass is 19.1. The highest BCUT2D eigenvalue weighted by molar-refractivity contribution is 5.32. The zero-order valence-electron chi connectivity index (χ0n) is 12.0. The van der Waals surface area contributed by atoms with Gasteiger partial charge in [-0.3, -0.25) is 0 Å². The number of phenols is 1. The molecule has 2 heteroatoms. The van der Waals surface area contributed by atoms with Crippen LogP contribution < -0.4 is 0 Å². The van der Waals surface area contributed by atoms with Gasteiger partial charge in [0.05, 0.1) is 0 Å². The molecule has 2 rings (SSSR count). The van der Waals surface area contributed by atoms with Crippen molar-refractivity contribution in [2.75, 3.05) is 0 Å². The quantitative estimate of drug-likeness (QED) is 0.791. The van der Waals surface area contributed by atoms with Crippen molar-refractivity contribution in [3.8, 4) is 5.75 Å². The molecule has 0 spiro atoms. The van der Waals surface area contributed by atoms with Gasteiger partial charge in [0.25, 0.3) is 0 Å². The van der Waals surface area contributed by atoms with E-state index in [1.807, 2.05) is 24.3 Å². The van der Waals surface area contributed by atoms with Crippen LogP contribution in [-0.4, -0.2) is 5.11 Å². The van der Waals surface area contributed by atoms with E-state index in [4.69, 9.17) is 0 Å². The third-order valence-corrected chi connectivity index (χ3v) is 3.98. The first kappa shape index (κ1) is 14.6. The van der Waals surface area contributed by atoms with E-state index >= 15 is 0 Å². The van der Waals surface area contributed by atoms with Gasteiger partial charge in [-0.05, 0) is 60.1 Å². The minimum Gasteiger partial charge on any atom is -0.508 e. The second kappa shape index (κ2) is 6.56. The third kappa shape index (κ3) is 3.19. The van der Waals surface area contributed by atoms with Gasteiger partial charge in [-0.2, -0.15) is 0 Å². The highest BCUT2D eigenvalue weighted by Crippen LogP contribution is 2.38. The Labute approximate surface area is 120 Å². The Hall–Kier alpha value is -1.83. The molecule has 0 heterocycles. The summed E-state index contributed by atoms with van der Waals surface area (Å²) in [6.45, 7) is 4.33. The molecule has 0 aliphatic carbocycles. The Balaban J connectivity index is 2.32. The highest BCUT2D eigenvalue weighted by Gasteiger charge is 2.21. The number of phenolic OH excluding ortho intramolecular Hbond substituents is 1. The zero-order valence-corrected chi connectivity index (χ0v) is 12.0. The van der Waals surface area contributed by atoms with E-state index < -0.39 is 0 Å². The molecule has 0 aromatic heterocycles. The van der Waals surface area contributed by atoms with E-state index in [0.29, 0.717) is 17.6 Å². The fourth-order valence-corrected chi connectivity index (χ4v) is 2.94. The van der Waals surface area contributed by atoms with Crippen LogP contribution in [0.3, 0.4) is 0 Å². The van der Waals surface area contributed by atoms with Crippen LogP contribution in [0.5, 0.6) is 5.75 Å². The molecule has 0 saturated heterocycles. The minimum atomic E-state index is -0.193. The van der Waals surface area contributed by atoms with Crippen molar-refractivity contribution in [3.63, 3.8) is 0 Å². The maximum atomic E-state index is 13.1. The molecule has 1 N–H and O–H groups in total. The van der Waals surface area contributed by atoms with E-state index in [9.17, 15) is 9.50 Å². The number of hydrogen-bond donors (Lipinski definition) is 1. The fraction of sp³-hybridized carbons (Fsp3) is 0.333. The summed E-state index contributed by atoms with van der Waals surface area (Å²) < 4.78 is 13.1. The van der Waals surface area contributed by atoms with Gasteiger partial charge in [-0.1, -0.05) is 38.1 Å². The molecule has 0 saturated carbocycles. The van der Waals surface area contributed by atoms with Crippen LogP contribution >= 0.6 is 0 Å². The summed E-state index contributed by atoms with van der Waals surface area (Å²) in [6, 6.07) is 14.2. The van der Waals surface area contributed by atoms with Gasteiger partial charge in [0.15, 0.2) is 0 Å². The lowest BCUT2D eigenvalue weighted by Gasteiger charge is -2.26. The Morgan fingerprint density at radius 1 is 0.800 bits per heavy atom. The molecule has 0 radical (unpaired) electrons. The number of rotatable bonds is 5. The second-order valence-electron chi connectivity index (χ2n) is 5.17. The van der Waals surface area contributed by atoms with Crippen LogP contribution in [0, 0.1) is 5.82 Å². The number of halogens is 1. The van der Waals surface area contributed by atoms with Gasteiger partial charge in [-0.25, -0.2) is 4.39 Å². The van der Waals surface area contributed by atoms with Crippen molar-refractivity contribution in [1.82, 2.24) is 0 Å². The average Bonchev–Trinajstić information content (AvgIpc) is 2.47. The van der Waals surface area contributed by atoms with Crippen molar-refractivity contribution in [3.05, 3.63) is 65.5 Å². The molecule has 20 heavy (non-hydrogen) atoms. The van der Waals surface area contributed by atoms with Crippen LogP contribution in [0.4, 0.5) is 4.39 Å². The molecule has 2 atom stereocenters. The largest absolute Gasteiger partial charge is 0.508 e. The molecule has 2 aromatic rings. The summed E-state index contributed by atoms with van der Waals surface area (Å²) in [5.74, 6) is 0.843. The van der Waals surface area contributed by atoms with Gasteiger partial charge >= 0.3 is 0 Å². The van der Waals surface area contributed by atoms with Gasteiger partial charge in [0.2, 0.25) is 0 Å². The van der Waals surface area contributed by atoms with Crippen LogP contribution in [0.1, 0.15) is 49.7 Å². The van der Waals surface area contributed by atoms with Crippen LogP contribution in [0.25, 0.3) is 0 Å². The minimum absolute atomic E-state index is 0.193. The number of hydrogen-bond acceptors (Lipinski definition) is 1. The topological polar surface area (TPSA) is 20.2 Å². The molecule has 0 bridgehead atoms. The standard InChI is InChI=1S/C18H21FO/c1-3-17(13-5-9-15(19)10-6-13)18(4-2)14-7-11-16(20)12-8-14/h5-12,17-18,20H,3-4H2,1-2H3. The smallest absolute Gasteiger partial charge is 0.123 e. The van der Waals surface area contributed by atoms with E-state index in [0.717, 1.165) is 12.8 Å². The molecule has 0 aliphatic heterocycles. The van der Waals surface area contributed by atoms with Crippen molar-refractivity contribution >= 4 is 0 Å². The van der Waals surface area contributed by atoms with Crippen LogP contribution in [-0.2, 0) is 0 Å². The fourth-order valence-electron chi connectivity index (χ4n) is 2.94. The Morgan fingerprint density at radius 3 is 1.60 bits per heavy atom. The lowest BCUT2D eigenvalue weighted by molar-refractivity contribution is 0.472. The van der Waals surface area contributed by atoms with E-state index in [1.54, 1.807) is 12.1 Å². The van der Waals surface area contributed by atoms with E-state index in [2.05, 4.69) is 13.8 Å². The first-order valence-electron chi connectivity index (χ1n) is 7.20. The lowest BCUT2D eigenvalue weighted by Crippen LogP contribution is -2.10. The lowest BCUT2D eigenvalue weighted by atomic mass is 9.78. The maximum absolute atomic E-state index is 13.1. The predicted octanol–water partition coefficient (Wildman–Crippen LogP) is 5.22. The monoisotopic (exact) mass is 272 g/mol. The van der Waals surface area contributed by atoms with Crippen molar-refractivity contribution in [2.45, 2.75) is 38.5 Å². The van der Waals surface area contributed by atoms with Gasteiger partial charge in [-0.15, -0.1) is 0 Å². The molecule has 2 aromatic carbocycles. The number of benzene rings is 2. The summed E-state index contributed by atoms with van der Waals surface area (Å²) in [5.41, 5.74) is 2.40. The zero-order chi connectivity index (χ0) is 14.5. The van der Waals surface area contributed by atoms with Crippen molar-refractivity contribution in [1.29, 1.82) is 0 Å². The van der Waals surface area contributed by atoms with Gasteiger partial charge in [0, 0.05) is 0 Å². The van der Waals surface area contributed by atoms with Crippen LogP contribution in [0.15, 0.2) is 48.5 Å². The first-order chi connectivity index (χ1) is 9.65. The van der Waals surface area contributed by atoms with Crippen LogP contribution in [0.2, 0.25) is 0 Å². The Morgan fingerprint density at radius 2 is 1.20 bits per heavy atom. The Bertz CT molecular complexity index is 479. The first-order valence-corrected chi connectivity index (χ1v) is 7.20. The van der Waals surface area contributed by atoms with Crippen molar-refractivity contribution in [2.24, 2.45) is 0 Å². The SMILES string of the molecule is CCC(c1ccc(O)cc1)C(CC)c1ccc(F)cc1. The summed E-state index contributed by atoms with van der Waals surface area (Å²) in [4.78, 5) is 0. The third-order valence-electron chi connectivity index (χ3n) is 3.98. The summed E-state index contributed by atoms with van der Waals surface area (Å²) in [7, 11) is 0. The Kier molecular flexibility index (Phi) is 4.78. The molecule has 106 valence electrons. The second-order valence-corrected chi connectivity index (χ2v) is 5.17. The molecule has 0 aliphatic rings. The van der Waals surface area contributed by atoms with E-state index in [-0.39, 0.29) is 5.82 Å². The molecule has 0 fully saturated rings. The van der Waals surface area contributed by atoms with E-state index in [1.165, 1.54) is 23.3 Å². The summed E-state index contributed by atoms with van der Waals surface area (Å²) in [5, 5.41) is 9.41. The molecule has 0 amide bonds. The average molecular weight is 272 g/mol. The molecular weight excluding hydrogens is 251 g/mol. The molecular formula is C18H21FO. The summed E-state index contributed by atoms with van der Waals surface area (Å²) in [6.07, 6.45) is 2.02. The summed E-state index contributed by atoms with van der Waals surface area (Å²) >= 11 is 0. The normalized spacial score (nSPS) is 13.9. The molecule has 1 nitrogen and oxygen atoms in total. The maximum Gasteiger partial charge on any atom is 0.123 e. The number of aromatic hydroxyl groups is 1. The molecule has 2 unspecified atom stereocenters. The van der Waals surface area contributed by atoms with Gasteiger partial charge in [0.1, 0.15) is 11.6 Å². The van der Waals surface area contributed by atoms with Crippen molar-refractivity contribution < 1.29 is 9.50 Å². The predicted molar refractivity (Wildman–Crippen MR) is 80.6 cm³/mol. The van der Waals surface area contributed by atoms with Gasteiger partial charge < -0.3 is 5.11 Å².